The van der Waals surface area contributed by atoms with Crippen LogP contribution in [0.4, 0.5) is 4.39 Å². The molecule has 29 heavy (non-hydrogen) atoms. The van der Waals surface area contributed by atoms with Crippen LogP contribution < -0.4 is 5.11 Å². The summed E-state index contributed by atoms with van der Waals surface area (Å²) in [5.74, 6) is 0.836. The quantitative estimate of drug-likeness (QED) is 0.735. The fourth-order valence-electron chi connectivity index (χ4n) is 6.59. The van der Waals surface area contributed by atoms with Crippen molar-refractivity contribution in [2.24, 2.45) is 17.8 Å². The Hall–Kier alpha value is -2.62. The van der Waals surface area contributed by atoms with E-state index in [1.54, 1.807) is 24.3 Å². The zero-order chi connectivity index (χ0) is 20.2. The van der Waals surface area contributed by atoms with Crippen LogP contribution in [-0.2, 0) is 10.2 Å². The van der Waals surface area contributed by atoms with E-state index >= 15 is 0 Å². The molecule has 0 saturated heterocycles. The van der Waals surface area contributed by atoms with E-state index in [0.717, 1.165) is 48.7 Å². The van der Waals surface area contributed by atoms with Crippen LogP contribution in [0.1, 0.15) is 49.7 Å². The molecule has 150 valence electrons. The fourth-order valence-corrected chi connectivity index (χ4v) is 6.59. The van der Waals surface area contributed by atoms with E-state index in [-0.39, 0.29) is 17.0 Å². The van der Waals surface area contributed by atoms with Crippen LogP contribution in [0.2, 0.25) is 0 Å². The van der Waals surface area contributed by atoms with Crippen LogP contribution in [0, 0.1) is 23.6 Å². The van der Waals surface area contributed by atoms with Gasteiger partial charge in [0.25, 0.3) is 0 Å². The first-order chi connectivity index (χ1) is 13.9. The highest BCUT2D eigenvalue weighted by molar-refractivity contribution is 5.85. The number of carbonyl (C=O) groups is 1. The normalized spacial score (nSPS) is 30.2. The van der Waals surface area contributed by atoms with Gasteiger partial charge in [0, 0.05) is 11.6 Å². The molecule has 0 aliphatic heterocycles. The first-order valence-electron chi connectivity index (χ1n) is 10.4. The van der Waals surface area contributed by atoms with E-state index in [4.69, 9.17) is 5.11 Å². The predicted molar refractivity (Wildman–Crippen MR) is 108 cm³/mol. The van der Waals surface area contributed by atoms with Gasteiger partial charge in [0.05, 0.1) is 0 Å². The molecule has 4 saturated carbocycles. The summed E-state index contributed by atoms with van der Waals surface area (Å²) in [6.07, 6.45) is 9.66. The van der Waals surface area contributed by atoms with Gasteiger partial charge >= 0.3 is 5.97 Å². The summed E-state index contributed by atoms with van der Waals surface area (Å²) in [6, 6.07) is 9.75. The van der Waals surface area contributed by atoms with Gasteiger partial charge < -0.3 is 10.2 Å². The summed E-state index contributed by atoms with van der Waals surface area (Å²) in [5.41, 5.74) is 2.53. The van der Waals surface area contributed by atoms with Crippen molar-refractivity contribution < 1.29 is 19.4 Å². The molecule has 2 aromatic rings. The Labute approximate surface area is 169 Å². The molecule has 0 amide bonds. The number of hydrogen-bond donors (Lipinski definition) is 1. The van der Waals surface area contributed by atoms with Gasteiger partial charge in [0.2, 0.25) is 0 Å². The van der Waals surface area contributed by atoms with Crippen molar-refractivity contribution in [2.75, 3.05) is 0 Å². The van der Waals surface area contributed by atoms with Crippen molar-refractivity contribution in [3.8, 4) is 16.9 Å². The van der Waals surface area contributed by atoms with Crippen molar-refractivity contribution in [2.45, 2.75) is 43.9 Å². The number of aliphatic carboxylic acids is 1. The maximum Gasteiger partial charge on any atom is 0.328 e. The van der Waals surface area contributed by atoms with E-state index in [1.807, 2.05) is 6.07 Å². The molecular formula is C25H24FO3-. The Balaban J connectivity index is 1.56. The Morgan fingerprint density at radius 3 is 2.31 bits per heavy atom. The summed E-state index contributed by atoms with van der Waals surface area (Å²) in [6.45, 7) is 0. The minimum Gasteiger partial charge on any atom is -0.872 e. The van der Waals surface area contributed by atoms with Gasteiger partial charge in [0.1, 0.15) is 5.82 Å². The molecule has 4 bridgehead atoms. The summed E-state index contributed by atoms with van der Waals surface area (Å²) < 4.78 is 14.6. The van der Waals surface area contributed by atoms with Crippen LogP contribution in [0.3, 0.4) is 0 Å². The van der Waals surface area contributed by atoms with E-state index in [9.17, 15) is 14.3 Å². The molecule has 4 aliphatic carbocycles. The van der Waals surface area contributed by atoms with Crippen LogP contribution >= 0.6 is 0 Å². The average molecular weight is 391 g/mol. The monoisotopic (exact) mass is 391 g/mol. The zero-order valence-electron chi connectivity index (χ0n) is 16.2. The first kappa shape index (κ1) is 18.4. The first-order valence-corrected chi connectivity index (χ1v) is 10.4. The molecule has 0 heterocycles. The van der Waals surface area contributed by atoms with Gasteiger partial charge in [-0.05, 0) is 96.6 Å². The maximum atomic E-state index is 14.6. The molecule has 0 atom stereocenters. The van der Waals surface area contributed by atoms with Gasteiger partial charge in [0.15, 0.2) is 0 Å². The molecule has 0 spiro atoms. The predicted octanol–water partition coefficient (Wildman–Crippen LogP) is 5.13. The van der Waals surface area contributed by atoms with Crippen LogP contribution in [0.25, 0.3) is 17.2 Å². The smallest absolute Gasteiger partial charge is 0.328 e. The summed E-state index contributed by atoms with van der Waals surface area (Å²) in [4.78, 5) is 10.8. The number of benzene rings is 2. The third-order valence-corrected chi connectivity index (χ3v) is 7.31. The van der Waals surface area contributed by atoms with E-state index in [1.165, 1.54) is 31.4 Å². The maximum absolute atomic E-state index is 14.6. The summed E-state index contributed by atoms with van der Waals surface area (Å²) in [5, 5.41) is 21.7. The standard InChI is InChI=1S/C25H25FO3/c26-22-4-1-15(2-6-24(28)29)10-20(22)19-3-5-23(27)21(11-19)25-12-16-7-17(13-25)9-18(8-16)14-25/h1-6,10-11,16-18,27H,7-9,12-14H2,(H,28,29)/p-1/b6-2+. The fraction of sp³-hybridized carbons (Fsp3) is 0.400. The Morgan fingerprint density at radius 1 is 1.03 bits per heavy atom. The highest BCUT2D eigenvalue weighted by Crippen LogP contribution is 2.61. The van der Waals surface area contributed by atoms with Crippen molar-refractivity contribution >= 4 is 12.0 Å². The lowest BCUT2D eigenvalue weighted by atomic mass is 9.48. The molecule has 0 radical (unpaired) electrons. The minimum absolute atomic E-state index is 0.0425. The van der Waals surface area contributed by atoms with Crippen molar-refractivity contribution in [3.05, 3.63) is 59.4 Å². The van der Waals surface area contributed by atoms with E-state index < -0.39 is 5.97 Å². The highest BCUT2D eigenvalue weighted by atomic mass is 19.1. The van der Waals surface area contributed by atoms with Gasteiger partial charge in [-0.25, -0.2) is 9.18 Å². The Kier molecular flexibility index (Phi) is 4.27. The molecule has 4 fully saturated rings. The van der Waals surface area contributed by atoms with E-state index in [0.29, 0.717) is 16.7 Å². The molecule has 0 aromatic heterocycles. The number of halogens is 1. The molecule has 2 aromatic carbocycles. The van der Waals surface area contributed by atoms with Gasteiger partial charge in [-0.15, -0.1) is 5.75 Å². The lowest BCUT2D eigenvalue weighted by Crippen LogP contribution is -2.48. The van der Waals surface area contributed by atoms with Crippen LogP contribution in [0.5, 0.6) is 5.75 Å². The average Bonchev–Trinajstić information content (AvgIpc) is 2.66. The number of carboxylic acids is 1. The highest BCUT2D eigenvalue weighted by Gasteiger charge is 2.51. The third-order valence-electron chi connectivity index (χ3n) is 7.31. The molecular weight excluding hydrogens is 367 g/mol. The number of carboxylic acid groups (broad SMARTS) is 1. The van der Waals surface area contributed by atoms with Gasteiger partial charge in [-0.3, -0.25) is 0 Å². The lowest BCUT2D eigenvalue weighted by Gasteiger charge is -2.58. The third kappa shape index (κ3) is 3.25. The molecule has 6 rings (SSSR count). The molecule has 4 heteroatoms. The second kappa shape index (κ2) is 6.72. The topological polar surface area (TPSA) is 60.4 Å². The largest absolute Gasteiger partial charge is 0.872 e. The summed E-state index contributed by atoms with van der Waals surface area (Å²) >= 11 is 0. The second-order valence-corrected chi connectivity index (χ2v) is 9.32. The van der Waals surface area contributed by atoms with E-state index in [2.05, 4.69) is 0 Å². The van der Waals surface area contributed by atoms with Crippen LogP contribution in [-0.4, -0.2) is 11.1 Å². The molecule has 4 aliphatic rings. The molecule has 3 nitrogen and oxygen atoms in total. The van der Waals surface area contributed by atoms with Crippen molar-refractivity contribution in [1.82, 2.24) is 0 Å². The Morgan fingerprint density at radius 2 is 1.69 bits per heavy atom. The van der Waals surface area contributed by atoms with Gasteiger partial charge in [-0.1, -0.05) is 24.3 Å². The number of rotatable bonds is 4. The van der Waals surface area contributed by atoms with Crippen LogP contribution in [0.15, 0.2) is 42.5 Å². The molecule has 1 N–H and O–H groups in total. The van der Waals surface area contributed by atoms with Crippen molar-refractivity contribution in [3.63, 3.8) is 0 Å². The minimum atomic E-state index is -1.05. The van der Waals surface area contributed by atoms with Gasteiger partial charge in [-0.2, -0.15) is 0 Å². The van der Waals surface area contributed by atoms with Crippen molar-refractivity contribution in [1.29, 1.82) is 0 Å². The summed E-state index contributed by atoms with van der Waals surface area (Å²) in [7, 11) is 0. The zero-order valence-corrected chi connectivity index (χ0v) is 16.2. The number of hydrogen-bond acceptors (Lipinski definition) is 2. The lowest BCUT2D eigenvalue weighted by molar-refractivity contribution is -0.271. The second-order valence-electron chi connectivity index (χ2n) is 9.32. The SMILES string of the molecule is O=C(O)/C=C/c1ccc(F)c(-c2ccc([O-])c(C34CC5CC(CC(C5)C3)C4)c2)c1. The molecule has 0 unspecified atom stereocenters. The Bertz CT molecular complexity index is 972.